The van der Waals surface area contributed by atoms with E-state index in [2.05, 4.69) is 0 Å². The number of carbonyl (C=O) groups excluding carboxylic acids is 1. The van der Waals surface area contributed by atoms with Crippen molar-refractivity contribution < 1.29 is 13.9 Å². The van der Waals surface area contributed by atoms with Gasteiger partial charge >= 0.3 is 0 Å². The van der Waals surface area contributed by atoms with Crippen molar-refractivity contribution in [3.63, 3.8) is 0 Å². The molecule has 1 heterocycles. The van der Waals surface area contributed by atoms with Crippen molar-refractivity contribution in [2.75, 3.05) is 7.11 Å². The van der Waals surface area contributed by atoms with Gasteiger partial charge in [0.25, 0.3) is 5.24 Å². The SMILES string of the molecule is COc1ccc2c(C)c(C(=O)Cl)oc2c1. The Hall–Kier alpha value is -1.48. The Kier molecular flexibility index (Phi) is 2.40. The molecule has 0 atom stereocenters. The van der Waals surface area contributed by atoms with Crippen LogP contribution in [-0.4, -0.2) is 12.4 Å². The fourth-order valence-corrected chi connectivity index (χ4v) is 1.70. The molecule has 0 N–H and O–H groups in total. The Balaban J connectivity index is 2.70. The molecule has 0 aliphatic carbocycles. The number of furan rings is 1. The first-order valence-electron chi connectivity index (χ1n) is 4.40. The highest BCUT2D eigenvalue weighted by Crippen LogP contribution is 2.29. The normalized spacial score (nSPS) is 10.6. The molecule has 0 unspecified atom stereocenters. The van der Waals surface area contributed by atoms with Crippen molar-refractivity contribution in [1.29, 1.82) is 0 Å². The molecule has 2 rings (SSSR count). The van der Waals surface area contributed by atoms with Crippen LogP contribution in [-0.2, 0) is 0 Å². The van der Waals surface area contributed by atoms with Gasteiger partial charge in [-0.25, -0.2) is 0 Å². The lowest BCUT2D eigenvalue weighted by Crippen LogP contribution is -1.86. The van der Waals surface area contributed by atoms with Gasteiger partial charge in [-0.2, -0.15) is 0 Å². The summed E-state index contributed by atoms with van der Waals surface area (Å²) in [6.07, 6.45) is 0. The maximum absolute atomic E-state index is 11.0. The molecule has 0 aliphatic heterocycles. The number of aryl methyl sites for hydroxylation is 1. The van der Waals surface area contributed by atoms with Gasteiger partial charge in [0.2, 0.25) is 0 Å². The number of ether oxygens (including phenoxy) is 1. The smallest absolute Gasteiger partial charge is 0.288 e. The second kappa shape index (κ2) is 3.59. The monoisotopic (exact) mass is 224 g/mol. The number of methoxy groups -OCH3 is 1. The predicted molar refractivity (Wildman–Crippen MR) is 57.7 cm³/mol. The number of rotatable bonds is 2. The van der Waals surface area contributed by atoms with E-state index in [4.69, 9.17) is 20.8 Å². The van der Waals surface area contributed by atoms with Crippen molar-refractivity contribution in [1.82, 2.24) is 0 Å². The van der Waals surface area contributed by atoms with Gasteiger partial charge in [0, 0.05) is 17.0 Å². The Morgan fingerprint density at radius 3 is 2.80 bits per heavy atom. The first-order valence-corrected chi connectivity index (χ1v) is 4.78. The lowest BCUT2D eigenvalue weighted by atomic mass is 10.1. The van der Waals surface area contributed by atoms with Crippen molar-refractivity contribution >= 4 is 27.8 Å². The summed E-state index contributed by atoms with van der Waals surface area (Å²) in [6.45, 7) is 1.80. The lowest BCUT2D eigenvalue weighted by Gasteiger charge is -1.97. The third-order valence-electron chi connectivity index (χ3n) is 2.32. The van der Waals surface area contributed by atoms with Gasteiger partial charge in [-0.3, -0.25) is 4.79 Å². The van der Waals surface area contributed by atoms with E-state index in [0.717, 1.165) is 10.9 Å². The Morgan fingerprint density at radius 1 is 1.47 bits per heavy atom. The quantitative estimate of drug-likeness (QED) is 0.736. The third kappa shape index (κ3) is 1.59. The van der Waals surface area contributed by atoms with E-state index in [1.807, 2.05) is 12.1 Å². The molecule has 3 nitrogen and oxygen atoms in total. The zero-order chi connectivity index (χ0) is 11.0. The minimum Gasteiger partial charge on any atom is -0.497 e. The van der Waals surface area contributed by atoms with Gasteiger partial charge in [0.15, 0.2) is 5.76 Å². The van der Waals surface area contributed by atoms with Gasteiger partial charge in [-0.15, -0.1) is 0 Å². The summed E-state index contributed by atoms with van der Waals surface area (Å²) in [4.78, 5) is 11.0. The predicted octanol–water partition coefficient (Wildman–Crippen LogP) is 3.13. The minimum atomic E-state index is -0.581. The van der Waals surface area contributed by atoms with Crippen molar-refractivity contribution in [2.24, 2.45) is 0 Å². The Labute approximate surface area is 91.6 Å². The molecular weight excluding hydrogens is 216 g/mol. The van der Waals surface area contributed by atoms with Gasteiger partial charge in [0.05, 0.1) is 7.11 Å². The highest BCUT2D eigenvalue weighted by atomic mass is 35.5. The summed E-state index contributed by atoms with van der Waals surface area (Å²) in [5, 5.41) is 0.294. The second-order valence-electron chi connectivity index (χ2n) is 3.19. The standard InChI is InChI=1S/C11H9ClO3/c1-6-8-4-3-7(14-2)5-9(8)15-10(6)11(12)13/h3-5H,1-2H3. The average Bonchev–Trinajstić information content (AvgIpc) is 2.55. The number of fused-ring (bicyclic) bond motifs is 1. The van der Waals surface area contributed by atoms with Gasteiger partial charge in [-0.05, 0) is 30.7 Å². The van der Waals surface area contributed by atoms with Crippen LogP contribution >= 0.6 is 11.6 Å². The van der Waals surface area contributed by atoms with Crippen LogP contribution in [0.2, 0.25) is 0 Å². The fourth-order valence-electron chi connectivity index (χ4n) is 1.52. The largest absolute Gasteiger partial charge is 0.497 e. The summed E-state index contributed by atoms with van der Waals surface area (Å²) < 4.78 is 10.4. The van der Waals surface area contributed by atoms with E-state index in [1.54, 1.807) is 20.1 Å². The highest BCUT2D eigenvalue weighted by molar-refractivity contribution is 6.67. The van der Waals surface area contributed by atoms with E-state index in [-0.39, 0.29) is 5.76 Å². The summed E-state index contributed by atoms with van der Waals surface area (Å²) in [5.41, 5.74) is 1.36. The topological polar surface area (TPSA) is 39.4 Å². The summed E-state index contributed by atoms with van der Waals surface area (Å²) >= 11 is 5.39. The number of carbonyl (C=O) groups is 1. The molecule has 1 aromatic carbocycles. The van der Waals surface area contributed by atoms with Crippen LogP contribution in [0.1, 0.15) is 16.1 Å². The maximum atomic E-state index is 11.0. The molecule has 0 aliphatic rings. The van der Waals surface area contributed by atoms with E-state index in [9.17, 15) is 4.79 Å². The molecule has 78 valence electrons. The number of hydrogen-bond donors (Lipinski definition) is 0. The zero-order valence-electron chi connectivity index (χ0n) is 8.33. The second-order valence-corrected chi connectivity index (χ2v) is 3.54. The molecule has 1 aromatic heterocycles. The molecule has 0 saturated carbocycles. The third-order valence-corrected chi connectivity index (χ3v) is 2.50. The summed E-state index contributed by atoms with van der Waals surface area (Å²) in [5.74, 6) is 0.879. The summed E-state index contributed by atoms with van der Waals surface area (Å²) in [7, 11) is 1.57. The minimum absolute atomic E-state index is 0.194. The van der Waals surface area contributed by atoms with Crippen LogP contribution in [0, 0.1) is 6.92 Å². The van der Waals surface area contributed by atoms with Crippen molar-refractivity contribution in [3.8, 4) is 5.75 Å². The van der Waals surface area contributed by atoms with Gasteiger partial charge in [0.1, 0.15) is 11.3 Å². The van der Waals surface area contributed by atoms with Crippen LogP contribution in [0.25, 0.3) is 11.0 Å². The van der Waals surface area contributed by atoms with E-state index >= 15 is 0 Å². The van der Waals surface area contributed by atoms with Crippen LogP contribution in [0.3, 0.4) is 0 Å². The van der Waals surface area contributed by atoms with Crippen molar-refractivity contribution in [3.05, 3.63) is 29.5 Å². The number of benzene rings is 1. The molecule has 0 fully saturated rings. The van der Waals surface area contributed by atoms with Crippen molar-refractivity contribution in [2.45, 2.75) is 6.92 Å². The molecule has 4 heteroatoms. The van der Waals surface area contributed by atoms with Crippen LogP contribution in [0.15, 0.2) is 22.6 Å². The van der Waals surface area contributed by atoms with Crippen LogP contribution < -0.4 is 4.74 Å². The molecule has 15 heavy (non-hydrogen) atoms. The average molecular weight is 225 g/mol. The molecule has 0 amide bonds. The lowest BCUT2D eigenvalue weighted by molar-refractivity contribution is 0.105. The van der Waals surface area contributed by atoms with Gasteiger partial charge in [-0.1, -0.05) is 0 Å². The van der Waals surface area contributed by atoms with E-state index in [0.29, 0.717) is 11.3 Å². The molecule has 0 saturated heterocycles. The van der Waals surface area contributed by atoms with Crippen LogP contribution in [0.5, 0.6) is 5.75 Å². The van der Waals surface area contributed by atoms with Crippen LogP contribution in [0.4, 0.5) is 0 Å². The maximum Gasteiger partial charge on any atom is 0.288 e. The molecule has 0 spiro atoms. The number of hydrogen-bond acceptors (Lipinski definition) is 3. The van der Waals surface area contributed by atoms with Gasteiger partial charge < -0.3 is 9.15 Å². The first kappa shape index (κ1) is 10.1. The molecule has 0 radical (unpaired) electrons. The van der Waals surface area contributed by atoms with E-state index in [1.165, 1.54) is 0 Å². The summed E-state index contributed by atoms with van der Waals surface area (Å²) in [6, 6.07) is 5.38. The molecular formula is C11H9ClO3. The van der Waals surface area contributed by atoms with E-state index < -0.39 is 5.24 Å². The zero-order valence-corrected chi connectivity index (χ0v) is 9.09. The fraction of sp³-hybridized carbons (Fsp3) is 0.182. The first-order chi connectivity index (χ1) is 7.13. The molecule has 0 bridgehead atoms. The Morgan fingerprint density at radius 2 is 2.20 bits per heavy atom. The molecule has 2 aromatic rings. The Bertz CT molecular complexity index is 528. The highest BCUT2D eigenvalue weighted by Gasteiger charge is 2.15. The number of halogens is 1.